The smallest absolute Gasteiger partial charge is 0.273 e. The number of aromatic nitrogens is 1. The zero-order chi connectivity index (χ0) is 5.98. The van der Waals surface area contributed by atoms with Crippen LogP contribution in [0.5, 0.6) is 0 Å². The van der Waals surface area contributed by atoms with Gasteiger partial charge in [-0.3, -0.25) is 9.05 Å². The molecule has 0 aromatic carbocycles. The molecule has 0 unspecified atom stereocenters. The third-order valence-corrected chi connectivity index (χ3v) is 0.759. The molecule has 0 atom stereocenters. The van der Waals surface area contributed by atoms with E-state index in [4.69, 9.17) is 0 Å². The van der Waals surface area contributed by atoms with Crippen molar-refractivity contribution in [3.63, 3.8) is 0 Å². The largest absolute Gasteiger partial charge is 0.563 e. The molecule has 0 radical (unpaired) electrons. The first-order valence-electron chi connectivity index (χ1n) is 2.50. The van der Waals surface area contributed by atoms with Crippen molar-refractivity contribution >= 4 is 0 Å². The van der Waals surface area contributed by atoms with E-state index in [1.807, 2.05) is 6.92 Å². The van der Waals surface area contributed by atoms with Gasteiger partial charge in [-0.2, -0.15) is 4.79 Å². The van der Waals surface area contributed by atoms with Gasteiger partial charge in [0.05, 0.1) is 6.54 Å². The average Bonchev–Trinajstić information content (AvgIpc) is 1.64. The maximum atomic E-state index is 9.90. The van der Waals surface area contributed by atoms with Crippen LogP contribution < -0.4 is 5.82 Å². The highest BCUT2D eigenvalue weighted by atomic mass is 16.8. The molecular formula is C4H7NO3. The molecule has 4 heteroatoms. The molecule has 0 amide bonds. The van der Waals surface area contributed by atoms with Crippen LogP contribution in [-0.2, 0) is 6.54 Å². The highest BCUT2D eigenvalue weighted by Crippen LogP contribution is 1.85. The summed E-state index contributed by atoms with van der Waals surface area (Å²) in [5, 5.41) is 0. The predicted octanol–water partition coefficient (Wildman–Crippen LogP) is 0.444. The molecule has 0 aliphatic heterocycles. The fourth-order valence-electron chi connectivity index (χ4n) is 0.447. The van der Waals surface area contributed by atoms with Gasteiger partial charge in [0.15, 0.2) is 0 Å². The number of nitrogens with zero attached hydrogens (tertiary/aromatic N) is 1. The SMILES string of the molecule is CCCn1oc(=O)o1. The quantitative estimate of drug-likeness (QED) is 0.564. The van der Waals surface area contributed by atoms with Crippen molar-refractivity contribution in [3.8, 4) is 0 Å². The third-order valence-electron chi connectivity index (χ3n) is 0.759. The molecule has 1 aromatic rings. The van der Waals surface area contributed by atoms with Crippen molar-refractivity contribution in [2.75, 3.05) is 0 Å². The van der Waals surface area contributed by atoms with E-state index in [0.717, 1.165) is 11.3 Å². The Labute approximate surface area is 45.6 Å². The lowest BCUT2D eigenvalue weighted by molar-refractivity contribution is -0.0865. The van der Waals surface area contributed by atoms with E-state index < -0.39 is 5.82 Å². The van der Waals surface area contributed by atoms with Crippen molar-refractivity contribution < 1.29 is 9.05 Å². The van der Waals surface area contributed by atoms with Crippen LogP contribution in [0.4, 0.5) is 0 Å². The number of hydrogen-bond acceptors (Lipinski definition) is 3. The Morgan fingerprint density at radius 1 is 1.62 bits per heavy atom. The van der Waals surface area contributed by atoms with Crippen molar-refractivity contribution in [3.05, 3.63) is 10.6 Å². The van der Waals surface area contributed by atoms with Gasteiger partial charge in [0.25, 0.3) is 0 Å². The Morgan fingerprint density at radius 3 is 2.62 bits per heavy atom. The molecule has 1 aromatic heterocycles. The van der Waals surface area contributed by atoms with Crippen LogP contribution in [0.3, 0.4) is 0 Å². The molecule has 0 bridgehead atoms. The fraction of sp³-hybridized carbons (Fsp3) is 0.750. The number of hydrogen-bond donors (Lipinski definition) is 0. The van der Waals surface area contributed by atoms with Crippen LogP contribution >= 0.6 is 0 Å². The van der Waals surface area contributed by atoms with Gasteiger partial charge < -0.3 is 0 Å². The molecule has 4 nitrogen and oxygen atoms in total. The van der Waals surface area contributed by atoms with Crippen LogP contribution in [0.25, 0.3) is 0 Å². The second kappa shape index (κ2) is 1.90. The van der Waals surface area contributed by atoms with Crippen LogP contribution in [-0.4, -0.2) is 4.91 Å². The number of rotatable bonds is 2. The van der Waals surface area contributed by atoms with Crippen molar-refractivity contribution in [2.45, 2.75) is 19.9 Å². The van der Waals surface area contributed by atoms with E-state index >= 15 is 0 Å². The molecule has 0 spiro atoms. The lowest BCUT2D eigenvalue weighted by Gasteiger charge is -1.98. The molecule has 1 rings (SSSR count). The lowest BCUT2D eigenvalue weighted by atomic mass is 10.5. The number of aryl methyl sites for hydroxylation is 1. The van der Waals surface area contributed by atoms with E-state index in [2.05, 4.69) is 9.05 Å². The molecule has 1 heterocycles. The van der Waals surface area contributed by atoms with E-state index in [1.54, 1.807) is 0 Å². The second-order valence-electron chi connectivity index (χ2n) is 1.49. The molecule has 0 saturated heterocycles. The Kier molecular flexibility index (Phi) is 1.24. The minimum atomic E-state index is -0.613. The van der Waals surface area contributed by atoms with Crippen LogP contribution in [0, 0.1) is 0 Å². The molecule has 8 heavy (non-hydrogen) atoms. The molecule has 0 aliphatic carbocycles. The first-order chi connectivity index (χ1) is 3.83. The minimum absolute atomic E-state index is 0.613. The van der Waals surface area contributed by atoms with Crippen LogP contribution in [0.2, 0.25) is 0 Å². The van der Waals surface area contributed by atoms with E-state index in [-0.39, 0.29) is 0 Å². The van der Waals surface area contributed by atoms with Gasteiger partial charge in [0, 0.05) is 0 Å². The van der Waals surface area contributed by atoms with Crippen molar-refractivity contribution in [1.29, 1.82) is 0 Å². The molecule has 0 fully saturated rings. The van der Waals surface area contributed by atoms with Crippen LogP contribution in [0.1, 0.15) is 13.3 Å². The lowest BCUT2D eigenvalue weighted by Crippen LogP contribution is -2.15. The summed E-state index contributed by atoms with van der Waals surface area (Å²) in [6, 6.07) is 0. The summed E-state index contributed by atoms with van der Waals surface area (Å²) in [6.45, 7) is 2.61. The van der Waals surface area contributed by atoms with E-state index in [1.165, 1.54) is 0 Å². The maximum Gasteiger partial charge on any atom is 0.563 e. The third kappa shape index (κ3) is 0.828. The van der Waals surface area contributed by atoms with Crippen LogP contribution in [0.15, 0.2) is 13.8 Å². The van der Waals surface area contributed by atoms with E-state index in [0.29, 0.717) is 6.54 Å². The average molecular weight is 117 g/mol. The van der Waals surface area contributed by atoms with Crippen molar-refractivity contribution in [2.24, 2.45) is 0 Å². The van der Waals surface area contributed by atoms with Gasteiger partial charge in [0.1, 0.15) is 0 Å². The Morgan fingerprint density at radius 2 is 2.25 bits per heavy atom. The summed E-state index contributed by atoms with van der Waals surface area (Å²) >= 11 is 0. The summed E-state index contributed by atoms with van der Waals surface area (Å²) in [5.74, 6) is -0.613. The fourth-order valence-corrected chi connectivity index (χ4v) is 0.447. The maximum absolute atomic E-state index is 9.90. The van der Waals surface area contributed by atoms with Gasteiger partial charge in [-0.05, 0) is 6.42 Å². The first-order valence-corrected chi connectivity index (χ1v) is 2.50. The summed E-state index contributed by atoms with van der Waals surface area (Å²) in [6.07, 6.45) is 0.910. The summed E-state index contributed by atoms with van der Waals surface area (Å²) in [7, 11) is 0. The molecular weight excluding hydrogens is 110 g/mol. The molecule has 0 saturated carbocycles. The molecule has 0 aliphatic rings. The second-order valence-corrected chi connectivity index (χ2v) is 1.49. The van der Waals surface area contributed by atoms with Gasteiger partial charge in [-0.25, -0.2) is 0 Å². The predicted molar refractivity (Wildman–Crippen MR) is 25.5 cm³/mol. The van der Waals surface area contributed by atoms with Gasteiger partial charge in [0.2, 0.25) is 0 Å². The van der Waals surface area contributed by atoms with E-state index in [9.17, 15) is 4.79 Å². The Bertz CT molecular complexity index is 179. The molecule has 0 N–H and O–H groups in total. The highest BCUT2D eigenvalue weighted by Gasteiger charge is 1.97. The van der Waals surface area contributed by atoms with Gasteiger partial charge in [-0.15, -0.1) is 0 Å². The normalized spacial score (nSPS) is 10.1. The summed E-state index contributed by atoms with van der Waals surface area (Å²) in [4.78, 5) is 11.1. The topological polar surface area (TPSA) is 48.3 Å². The first kappa shape index (κ1) is 5.21. The summed E-state index contributed by atoms with van der Waals surface area (Å²) < 4.78 is 8.70. The standard InChI is InChI=1S/C4H7NO3/c1-2-3-5-7-4(6)8-5/h2-3H2,1H3. The highest BCUT2D eigenvalue weighted by molar-refractivity contribution is 4.28. The Balaban J connectivity index is 2.47. The summed E-state index contributed by atoms with van der Waals surface area (Å²) in [5.41, 5.74) is 0. The van der Waals surface area contributed by atoms with Crippen molar-refractivity contribution in [1.82, 2.24) is 4.91 Å². The minimum Gasteiger partial charge on any atom is -0.273 e. The zero-order valence-electron chi connectivity index (χ0n) is 4.59. The monoisotopic (exact) mass is 117 g/mol. The van der Waals surface area contributed by atoms with Gasteiger partial charge in [-0.1, -0.05) is 11.8 Å². The Hall–Kier alpha value is -0.930. The zero-order valence-corrected chi connectivity index (χ0v) is 4.59. The molecule has 46 valence electrons. The van der Waals surface area contributed by atoms with Gasteiger partial charge >= 0.3 is 5.82 Å².